The molecule has 17 heavy (non-hydrogen) atoms. The quantitative estimate of drug-likeness (QED) is 0.882. The molecule has 1 aromatic heterocycles. The van der Waals surface area contributed by atoms with Crippen LogP contribution >= 0.6 is 0 Å². The Bertz CT molecular complexity index is 508. The molecule has 0 fully saturated rings. The van der Waals surface area contributed by atoms with Crippen LogP contribution in [0.4, 0.5) is 4.39 Å². The molecule has 4 heteroatoms. The second-order valence-corrected chi connectivity index (χ2v) is 3.80. The van der Waals surface area contributed by atoms with E-state index in [1.165, 1.54) is 12.1 Å². The third-order valence-corrected chi connectivity index (χ3v) is 2.59. The van der Waals surface area contributed by atoms with Crippen molar-refractivity contribution in [3.05, 3.63) is 60.2 Å². The van der Waals surface area contributed by atoms with Crippen molar-refractivity contribution in [1.82, 2.24) is 4.57 Å². The van der Waals surface area contributed by atoms with Crippen LogP contribution in [-0.2, 0) is 4.79 Å². The van der Waals surface area contributed by atoms with E-state index in [2.05, 4.69) is 0 Å². The fraction of sp³-hybridized carbons (Fsp3) is 0.154. The molecule has 3 nitrogen and oxygen atoms in total. The Hall–Kier alpha value is -2.10. The van der Waals surface area contributed by atoms with Gasteiger partial charge in [-0.15, -0.1) is 0 Å². The second kappa shape index (κ2) is 4.82. The van der Waals surface area contributed by atoms with Gasteiger partial charge in [-0.25, -0.2) is 4.39 Å². The largest absolute Gasteiger partial charge is 0.481 e. The summed E-state index contributed by atoms with van der Waals surface area (Å²) >= 11 is 0. The fourth-order valence-electron chi connectivity index (χ4n) is 1.83. The van der Waals surface area contributed by atoms with Crippen molar-refractivity contribution >= 4 is 5.97 Å². The van der Waals surface area contributed by atoms with Gasteiger partial charge in [0.25, 0.3) is 0 Å². The smallest absolute Gasteiger partial charge is 0.305 e. The molecule has 1 atom stereocenters. The normalized spacial score (nSPS) is 12.3. The molecule has 2 rings (SSSR count). The average molecular weight is 233 g/mol. The van der Waals surface area contributed by atoms with Crippen LogP contribution in [0.15, 0.2) is 48.8 Å². The van der Waals surface area contributed by atoms with E-state index in [9.17, 15) is 9.18 Å². The van der Waals surface area contributed by atoms with Gasteiger partial charge in [-0.1, -0.05) is 12.1 Å². The molecule has 0 saturated heterocycles. The van der Waals surface area contributed by atoms with Gasteiger partial charge >= 0.3 is 5.97 Å². The summed E-state index contributed by atoms with van der Waals surface area (Å²) < 4.78 is 14.9. The van der Waals surface area contributed by atoms with Crippen LogP contribution in [-0.4, -0.2) is 15.6 Å². The lowest BCUT2D eigenvalue weighted by Gasteiger charge is -2.17. The number of carboxylic acids is 1. The van der Waals surface area contributed by atoms with E-state index in [0.29, 0.717) is 5.56 Å². The molecular formula is C13H12FNO2. The van der Waals surface area contributed by atoms with Gasteiger partial charge in [0, 0.05) is 12.4 Å². The maximum absolute atomic E-state index is 13.1. The van der Waals surface area contributed by atoms with E-state index < -0.39 is 5.97 Å². The summed E-state index contributed by atoms with van der Waals surface area (Å²) in [6, 6.07) is 9.28. The van der Waals surface area contributed by atoms with E-state index in [0.717, 1.165) is 0 Å². The van der Waals surface area contributed by atoms with Gasteiger partial charge in [0.15, 0.2) is 0 Å². The molecule has 0 radical (unpaired) electrons. The predicted molar refractivity (Wildman–Crippen MR) is 61.2 cm³/mol. The lowest BCUT2D eigenvalue weighted by atomic mass is 10.0. The number of halogens is 1. The van der Waals surface area contributed by atoms with Crippen molar-refractivity contribution in [2.24, 2.45) is 0 Å². The Morgan fingerprint density at radius 1 is 1.29 bits per heavy atom. The van der Waals surface area contributed by atoms with E-state index in [1.54, 1.807) is 29.1 Å². The Balaban J connectivity index is 2.36. The Labute approximate surface area is 98.1 Å². The van der Waals surface area contributed by atoms with Gasteiger partial charge in [0.1, 0.15) is 5.82 Å². The molecule has 0 aliphatic rings. The molecule has 0 spiro atoms. The summed E-state index contributed by atoms with van der Waals surface area (Å²) in [5.41, 5.74) is 0.656. The zero-order chi connectivity index (χ0) is 12.3. The van der Waals surface area contributed by atoms with Crippen molar-refractivity contribution in [1.29, 1.82) is 0 Å². The number of hydrogen-bond donors (Lipinski definition) is 1. The highest BCUT2D eigenvalue weighted by Gasteiger charge is 2.16. The number of benzene rings is 1. The van der Waals surface area contributed by atoms with Gasteiger partial charge in [0.2, 0.25) is 0 Å². The molecule has 1 N–H and O–H groups in total. The summed E-state index contributed by atoms with van der Waals surface area (Å²) in [6.45, 7) is 0. The zero-order valence-electron chi connectivity index (χ0n) is 9.08. The lowest BCUT2D eigenvalue weighted by Crippen LogP contribution is -2.13. The second-order valence-electron chi connectivity index (χ2n) is 3.80. The zero-order valence-corrected chi connectivity index (χ0v) is 9.08. The van der Waals surface area contributed by atoms with E-state index in [4.69, 9.17) is 5.11 Å². The monoisotopic (exact) mass is 233 g/mol. The van der Waals surface area contributed by atoms with Crippen molar-refractivity contribution in [2.45, 2.75) is 12.5 Å². The lowest BCUT2D eigenvalue weighted by molar-refractivity contribution is -0.137. The van der Waals surface area contributed by atoms with E-state index in [-0.39, 0.29) is 18.3 Å². The molecule has 0 bridgehead atoms. The SMILES string of the molecule is O=C(O)CC(c1cccc(F)c1)n1cccc1. The summed E-state index contributed by atoms with van der Waals surface area (Å²) in [6.07, 6.45) is 3.48. The summed E-state index contributed by atoms with van der Waals surface area (Å²) in [4.78, 5) is 10.9. The number of carbonyl (C=O) groups is 1. The van der Waals surface area contributed by atoms with Gasteiger partial charge in [-0.3, -0.25) is 4.79 Å². The standard InChI is InChI=1S/C13H12FNO2/c14-11-5-3-4-10(8-11)12(9-13(16)17)15-6-1-2-7-15/h1-8,12H,9H2,(H,16,17). The molecule has 88 valence electrons. The first-order chi connectivity index (χ1) is 8.16. The van der Waals surface area contributed by atoms with Crippen molar-refractivity contribution in [2.75, 3.05) is 0 Å². The highest BCUT2D eigenvalue weighted by atomic mass is 19.1. The van der Waals surface area contributed by atoms with Gasteiger partial charge in [0.05, 0.1) is 12.5 Å². The third-order valence-electron chi connectivity index (χ3n) is 2.59. The number of rotatable bonds is 4. The first-order valence-electron chi connectivity index (χ1n) is 5.26. The molecule has 1 heterocycles. The molecule has 2 aromatic rings. The maximum Gasteiger partial charge on any atom is 0.305 e. The first-order valence-corrected chi connectivity index (χ1v) is 5.26. The van der Waals surface area contributed by atoms with Gasteiger partial charge in [-0.05, 0) is 29.8 Å². The van der Waals surface area contributed by atoms with Gasteiger partial charge < -0.3 is 9.67 Å². The minimum Gasteiger partial charge on any atom is -0.481 e. The molecule has 0 aliphatic carbocycles. The van der Waals surface area contributed by atoms with E-state index in [1.807, 2.05) is 12.1 Å². The first kappa shape index (κ1) is 11.4. The highest BCUT2D eigenvalue weighted by Crippen LogP contribution is 2.22. The predicted octanol–water partition coefficient (Wildman–Crippen LogP) is 2.69. The van der Waals surface area contributed by atoms with Crippen molar-refractivity contribution in [3.8, 4) is 0 Å². The van der Waals surface area contributed by atoms with Crippen LogP contribution in [0.5, 0.6) is 0 Å². The third kappa shape index (κ3) is 2.72. The van der Waals surface area contributed by atoms with Crippen LogP contribution in [0, 0.1) is 5.82 Å². The summed E-state index contributed by atoms with van der Waals surface area (Å²) in [5, 5.41) is 8.91. The molecule has 0 saturated carbocycles. The Kier molecular flexibility index (Phi) is 3.23. The van der Waals surface area contributed by atoms with Crippen molar-refractivity contribution in [3.63, 3.8) is 0 Å². The number of aliphatic carboxylic acids is 1. The minimum atomic E-state index is -0.909. The number of aromatic nitrogens is 1. The maximum atomic E-state index is 13.1. The topological polar surface area (TPSA) is 42.2 Å². The van der Waals surface area contributed by atoms with Crippen LogP contribution in [0.2, 0.25) is 0 Å². The fourth-order valence-corrected chi connectivity index (χ4v) is 1.83. The minimum absolute atomic E-state index is 0.0713. The molecular weight excluding hydrogens is 221 g/mol. The molecule has 0 aliphatic heterocycles. The average Bonchev–Trinajstić information content (AvgIpc) is 2.79. The van der Waals surface area contributed by atoms with Crippen LogP contribution in [0.3, 0.4) is 0 Å². The van der Waals surface area contributed by atoms with Crippen molar-refractivity contribution < 1.29 is 14.3 Å². The van der Waals surface area contributed by atoms with Crippen LogP contribution in [0.1, 0.15) is 18.0 Å². The number of carboxylic acid groups (broad SMARTS) is 1. The highest BCUT2D eigenvalue weighted by molar-refractivity contribution is 5.68. The number of nitrogens with zero attached hydrogens (tertiary/aromatic N) is 1. The Morgan fingerprint density at radius 3 is 2.59 bits per heavy atom. The Morgan fingerprint density at radius 2 is 2.00 bits per heavy atom. The summed E-state index contributed by atoms with van der Waals surface area (Å²) in [5.74, 6) is -1.27. The van der Waals surface area contributed by atoms with Crippen LogP contribution < -0.4 is 0 Å². The molecule has 1 aromatic carbocycles. The molecule has 0 amide bonds. The summed E-state index contributed by atoms with van der Waals surface area (Å²) in [7, 11) is 0. The van der Waals surface area contributed by atoms with Crippen LogP contribution in [0.25, 0.3) is 0 Å². The molecule has 1 unspecified atom stereocenters. The van der Waals surface area contributed by atoms with Gasteiger partial charge in [-0.2, -0.15) is 0 Å². The van der Waals surface area contributed by atoms with E-state index >= 15 is 0 Å². The number of hydrogen-bond acceptors (Lipinski definition) is 1.